The van der Waals surface area contributed by atoms with Crippen LogP contribution in [0.2, 0.25) is 0 Å². The van der Waals surface area contributed by atoms with E-state index in [4.69, 9.17) is 13.6 Å². The number of phosphoric ester groups is 1. The minimum atomic E-state index is -4.13. The molecule has 0 saturated heterocycles. The van der Waals surface area contributed by atoms with Crippen molar-refractivity contribution in [3.05, 3.63) is 90.5 Å². The van der Waals surface area contributed by atoms with E-state index < -0.39 is 13.4 Å². The Morgan fingerprint density at radius 1 is 0.714 bits per heavy atom. The molecular weight excluding hydrogens is 379 g/mol. The highest BCUT2D eigenvalue weighted by molar-refractivity contribution is 7.49. The molecule has 7 heteroatoms. The molecule has 1 N–H and O–H groups in total. The lowest BCUT2D eigenvalue weighted by atomic mass is 9.97. The fourth-order valence-electron chi connectivity index (χ4n) is 2.49. The van der Waals surface area contributed by atoms with Gasteiger partial charge in [-0.05, 0) is 44.2 Å². The fourth-order valence-corrected chi connectivity index (χ4v) is 3.76. The minimum absolute atomic E-state index is 0.205. The Kier molecular flexibility index (Phi) is 6.05. The van der Waals surface area contributed by atoms with Crippen molar-refractivity contribution < 1.29 is 28.3 Å². The van der Waals surface area contributed by atoms with E-state index in [0.29, 0.717) is 17.1 Å². The molecule has 0 heterocycles. The number of rotatable bonds is 8. The highest BCUT2D eigenvalue weighted by Gasteiger charge is 2.36. The molecule has 6 nitrogen and oxygen atoms in total. The lowest BCUT2D eigenvalue weighted by Crippen LogP contribution is -2.21. The van der Waals surface area contributed by atoms with E-state index in [2.05, 4.69) is 4.89 Å². The van der Waals surface area contributed by atoms with E-state index in [9.17, 15) is 9.82 Å². The first-order valence-electron chi connectivity index (χ1n) is 8.63. The number of hydrogen-bond donors (Lipinski definition) is 1. The summed E-state index contributed by atoms with van der Waals surface area (Å²) in [5.74, 6) is 0.866. The maximum absolute atomic E-state index is 13.5. The average molecular weight is 400 g/mol. The average Bonchev–Trinajstić information content (AvgIpc) is 2.69. The fraction of sp³-hybridized carbons (Fsp3) is 0.143. The number of phosphoric acid groups is 1. The van der Waals surface area contributed by atoms with Gasteiger partial charge in [0.25, 0.3) is 0 Å². The third-order valence-corrected chi connectivity index (χ3v) is 5.18. The topological polar surface area (TPSA) is 74.2 Å². The van der Waals surface area contributed by atoms with Crippen molar-refractivity contribution in [3.8, 4) is 17.2 Å². The monoisotopic (exact) mass is 400 g/mol. The largest absolute Gasteiger partial charge is 0.647 e. The van der Waals surface area contributed by atoms with Crippen LogP contribution in [-0.2, 0) is 15.1 Å². The molecule has 0 aliphatic carbocycles. The highest BCUT2D eigenvalue weighted by atomic mass is 31.2. The van der Waals surface area contributed by atoms with E-state index in [1.165, 1.54) is 0 Å². The van der Waals surface area contributed by atoms with Gasteiger partial charge >= 0.3 is 7.82 Å². The Balaban J connectivity index is 1.97. The molecule has 0 spiro atoms. The zero-order chi connectivity index (χ0) is 20.0. The molecule has 3 aromatic carbocycles. The molecule has 0 aromatic heterocycles. The number of hydrogen-bond acceptors (Lipinski definition) is 6. The zero-order valence-electron chi connectivity index (χ0n) is 15.5. The van der Waals surface area contributed by atoms with Crippen molar-refractivity contribution in [1.82, 2.24) is 0 Å². The first kappa shape index (κ1) is 20.0. The molecule has 0 radical (unpaired) electrons. The van der Waals surface area contributed by atoms with Gasteiger partial charge in [0.05, 0.1) is 0 Å². The van der Waals surface area contributed by atoms with Gasteiger partial charge in [-0.2, -0.15) is 4.57 Å². The van der Waals surface area contributed by atoms with Gasteiger partial charge in [-0.1, -0.05) is 54.6 Å². The van der Waals surface area contributed by atoms with Gasteiger partial charge in [0.2, 0.25) is 0 Å². The van der Waals surface area contributed by atoms with Gasteiger partial charge in [-0.3, -0.25) is 5.26 Å². The van der Waals surface area contributed by atoms with Gasteiger partial charge in [0.15, 0.2) is 0 Å². The molecule has 0 bridgehead atoms. The Morgan fingerprint density at radius 3 is 1.68 bits per heavy atom. The first-order valence-corrected chi connectivity index (χ1v) is 10.1. The van der Waals surface area contributed by atoms with Crippen LogP contribution in [0.4, 0.5) is 0 Å². The van der Waals surface area contributed by atoms with Crippen LogP contribution in [-0.4, -0.2) is 5.26 Å². The summed E-state index contributed by atoms with van der Waals surface area (Å²) < 4.78 is 30.5. The second kappa shape index (κ2) is 8.48. The second-order valence-electron chi connectivity index (χ2n) is 6.44. The van der Waals surface area contributed by atoms with Gasteiger partial charge < -0.3 is 13.6 Å². The van der Waals surface area contributed by atoms with Crippen LogP contribution in [0.5, 0.6) is 17.2 Å². The van der Waals surface area contributed by atoms with Crippen LogP contribution in [0.1, 0.15) is 19.4 Å². The Bertz CT molecular complexity index is 898. The Hall–Kier alpha value is -2.79. The minimum Gasteiger partial charge on any atom is -0.386 e. The van der Waals surface area contributed by atoms with E-state index in [1.807, 2.05) is 12.1 Å². The van der Waals surface area contributed by atoms with Crippen molar-refractivity contribution in [2.75, 3.05) is 0 Å². The smallest absolute Gasteiger partial charge is 0.386 e. The Morgan fingerprint density at radius 2 is 1.18 bits per heavy atom. The highest BCUT2D eigenvalue weighted by Crippen LogP contribution is 2.51. The quantitative estimate of drug-likeness (QED) is 0.282. The second-order valence-corrected chi connectivity index (χ2v) is 7.89. The summed E-state index contributed by atoms with van der Waals surface area (Å²) in [4.78, 5) is 4.56. The van der Waals surface area contributed by atoms with Gasteiger partial charge in [0.1, 0.15) is 22.8 Å². The third kappa shape index (κ3) is 4.93. The van der Waals surface area contributed by atoms with Crippen molar-refractivity contribution in [2.24, 2.45) is 0 Å². The Labute approximate surface area is 163 Å². The summed E-state index contributed by atoms with van der Waals surface area (Å²) >= 11 is 0. The lowest BCUT2D eigenvalue weighted by Gasteiger charge is -2.25. The maximum Gasteiger partial charge on any atom is 0.647 e. The van der Waals surface area contributed by atoms with Crippen molar-refractivity contribution >= 4 is 7.82 Å². The van der Waals surface area contributed by atoms with Crippen LogP contribution < -0.4 is 13.6 Å². The first-order chi connectivity index (χ1) is 13.4. The van der Waals surface area contributed by atoms with Crippen molar-refractivity contribution in [1.29, 1.82) is 0 Å². The number of para-hydroxylation sites is 3. The van der Waals surface area contributed by atoms with Crippen LogP contribution in [0, 0.1) is 0 Å². The summed E-state index contributed by atoms with van der Waals surface area (Å²) in [6.07, 6.45) is 0. The third-order valence-electron chi connectivity index (χ3n) is 3.89. The summed E-state index contributed by atoms with van der Waals surface area (Å²) in [7, 11) is -4.13. The molecule has 0 amide bonds. The molecule has 0 saturated carbocycles. The molecule has 0 atom stereocenters. The predicted octanol–water partition coefficient (Wildman–Crippen LogP) is 6.06. The SMILES string of the molecule is CC(C)(OO)c1ccccc1OP(=O)(Oc1ccccc1)Oc1ccccc1. The molecule has 3 rings (SSSR count). The molecule has 3 aromatic rings. The van der Waals surface area contributed by atoms with Gasteiger partial charge in [-0.25, -0.2) is 4.89 Å². The molecule has 0 aliphatic rings. The van der Waals surface area contributed by atoms with E-state index in [1.54, 1.807) is 86.6 Å². The van der Waals surface area contributed by atoms with Gasteiger partial charge in [0, 0.05) is 5.56 Å². The summed E-state index contributed by atoms with van der Waals surface area (Å²) in [6, 6.07) is 24.0. The van der Waals surface area contributed by atoms with Crippen molar-refractivity contribution in [2.45, 2.75) is 19.4 Å². The van der Waals surface area contributed by atoms with Crippen LogP contribution in [0.3, 0.4) is 0 Å². The maximum atomic E-state index is 13.5. The molecule has 0 fully saturated rings. The van der Waals surface area contributed by atoms with Crippen molar-refractivity contribution in [3.63, 3.8) is 0 Å². The molecule has 0 unspecified atom stereocenters. The normalized spacial score (nSPS) is 11.7. The van der Waals surface area contributed by atoms with Gasteiger partial charge in [-0.15, -0.1) is 0 Å². The van der Waals surface area contributed by atoms with E-state index in [0.717, 1.165) is 0 Å². The zero-order valence-corrected chi connectivity index (χ0v) is 16.4. The van der Waals surface area contributed by atoms with E-state index >= 15 is 0 Å². The molecular formula is C21H21O6P. The molecule has 146 valence electrons. The number of benzene rings is 3. The van der Waals surface area contributed by atoms with Crippen LogP contribution >= 0.6 is 7.82 Å². The van der Waals surface area contributed by atoms with Crippen LogP contribution in [0.25, 0.3) is 0 Å². The standard InChI is InChI=1S/C21H21O6P/c1-21(2,27-22)19-15-9-10-16-20(19)26-28(23,24-17-11-5-3-6-12-17)25-18-13-7-4-8-14-18/h3-16,22H,1-2H3. The summed E-state index contributed by atoms with van der Waals surface area (Å²) in [5, 5.41) is 9.25. The van der Waals surface area contributed by atoms with Crippen LogP contribution in [0.15, 0.2) is 84.9 Å². The predicted molar refractivity (Wildman–Crippen MR) is 106 cm³/mol. The molecule has 0 aliphatic heterocycles. The summed E-state index contributed by atoms with van der Waals surface area (Å²) in [6.45, 7) is 3.30. The molecule has 28 heavy (non-hydrogen) atoms. The summed E-state index contributed by atoms with van der Waals surface area (Å²) in [5.41, 5.74) is -0.618. The lowest BCUT2D eigenvalue weighted by molar-refractivity contribution is -0.318. The van der Waals surface area contributed by atoms with E-state index in [-0.39, 0.29) is 5.75 Å².